The first-order valence-electron chi connectivity index (χ1n) is 16.3. The second-order valence-corrected chi connectivity index (χ2v) is 12.6. The second kappa shape index (κ2) is 9.50. The van der Waals surface area contributed by atoms with Gasteiger partial charge in [0.15, 0.2) is 0 Å². The SMILES string of the molecule is c1ccc(-n2c3ccccc3c3cc(-c4ccc5c6ccccc6n(-c6nc7c8c(cccc8n6)-c6ccccc6-7)c5c4)ccc32)cc1. The third-order valence-electron chi connectivity index (χ3n) is 10.1. The lowest BCUT2D eigenvalue weighted by Crippen LogP contribution is -2.02. The molecule has 48 heavy (non-hydrogen) atoms. The largest absolute Gasteiger partial charge is 0.309 e. The monoisotopic (exact) mass is 610 g/mol. The Kier molecular flexibility index (Phi) is 5.08. The van der Waals surface area contributed by atoms with Gasteiger partial charge in [0, 0.05) is 38.2 Å². The van der Waals surface area contributed by atoms with Crippen LogP contribution in [0.2, 0.25) is 0 Å². The smallest absolute Gasteiger partial charge is 0.235 e. The van der Waals surface area contributed by atoms with E-state index in [4.69, 9.17) is 9.97 Å². The number of hydrogen-bond donors (Lipinski definition) is 0. The molecule has 0 saturated carbocycles. The Morgan fingerprint density at radius 1 is 0.375 bits per heavy atom. The Morgan fingerprint density at radius 3 is 1.85 bits per heavy atom. The average molecular weight is 611 g/mol. The van der Waals surface area contributed by atoms with Crippen molar-refractivity contribution >= 4 is 54.5 Å². The molecule has 4 heteroatoms. The molecule has 3 aromatic heterocycles. The van der Waals surface area contributed by atoms with Gasteiger partial charge in [-0.1, -0.05) is 109 Å². The molecule has 0 radical (unpaired) electrons. The zero-order valence-electron chi connectivity index (χ0n) is 25.8. The van der Waals surface area contributed by atoms with Crippen molar-refractivity contribution in [3.63, 3.8) is 0 Å². The minimum Gasteiger partial charge on any atom is -0.309 e. The molecule has 0 atom stereocenters. The van der Waals surface area contributed by atoms with Gasteiger partial charge in [-0.05, 0) is 70.8 Å². The van der Waals surface area contributed by atoms with Crippen molar-refractivity contribution in [2.24, 2.45) is 0 Å². The Bertz CT molecular complexity index is 2950. The molecule has 0 N–H and O–H groups in total. The van der Waals surface area contributed by atoms with Crippen LogP contribution in [0.15, 0.2) is 158 Å². The van der Waals surface area contributed by atoms with Crippen LogP contribution in [-0.4, -0.2) is 19.1 Å². The number of benzene rings is 7. The van der Waals surface area contributed by atoms with Crippen molar-refractivity contribution < 1.29 is 0 Å². The van der Waals surface area contributed by atoms with Crippen LogP contribution < -0.4 is 0 Å². The minimum atomic E-state index is 0.691. The van der Waals surface area contributed by atoms with E-state index in [1.165, 1.54) is 49.3 Å². The molecule has 7 aromatic carbocycles. The topological polar surface area (TPSA) is 35.6 Å². The highest BCUT2D eigenvalue weighted by Crippen LogP contribution is 2.46. The van der Waals surface area contributed by atoms with Gasteiger partial charge in [-0.25, -0.2) is 9.97 Å². The summed E-state index contributed by atoms with van der Waals surface area (Å²) in [6.07, 6.45) is 0. The second-order valence-electron chi connectivity index (χ2n) is 12.6. The van der Waals surface area contributed by atoms with Gasteiger partial charge in [0.05, 0.1) is 33.3 Å². The zero-order chi connectivity index (χ0) is 31.3. The van der Waals surface area contributed by atoms with Gasteiger partial charge in [0.2, 0.25) is 5.95 Å². The molecule has 10 aromatic rings. The molecule has 0 amide bonds. The maximum Gasteiger partial charge on any atom is 0.235 e. The first kappa shape index (κ1) is 25.6. The fourth-order valence-electron chi connectivity index (χ4n) is 7.99. The van der Waals surface area contributed by atoms with E-state index in [9.17, 15) is 0 Å². The summed E-state index contributed by atoms with van der Waals surface area (Å²) < 4.78 is 4.61. The molecule has 1 aliphatic rings. The van der Waals surface area contributed by atoms with Crippen LogP contribution in [-0.2, 0) is 0 Å². The lowest BCUT2D eigenvalue weighted by molar-refractivity contribution is 1.02. The molecule has 3 heterocycles. The Morgan fingerprint density at radius 2 is 1.00 bits per heavy atom. The van der Waals surface area contributed by atoms with Gasteiger partial charge in [0.25, 0.3) is 0 Å². The summed E-state index contributed by atoms with van der Waals surface area (Å²) in [6.45, 7) is 0. The summed E-state index contributed by atoms with van der Waals surface area (Å²) in [6, 6.07) is 56.5. The number of hydrogen-bond acceptors (Lipinski definition) is 2. The summed E-state index contributed by atoms with van der Waals surface area (Å²) in [5.41, 5.74) is 13.6. The number of rotatable bonds is 3. The molecule has 0 fully saturated rings. The predicted octanol–water partition coefficient (Wildman–Crippen LogP) is 11.1. The van der Waals surface area contributed by atoms with Crippen LogP contribution in [0.1, 0.15) is 0 Å². The Balaban J connectivity index is 1.15. The fraction of sp³-hybridized carbons (Fsp3) is 0. The van der Waals surface area contributed by atoms with E-state index in [1.807, 2.05) is 0 Å². The van der Waals surface area contributed by atoms with Gasteiger partial charge >= 0.3 is 0 Å². The van der Waals surface area contributed by atoms with E-state index in [-0.39, 0.29) is 0 Å². The van der Waals surface area contributed by atoms with Gasteiger partial charge in [0.1, 0.15) is 0 Å². The van der Waals surface area contributed by atoms with Crippen molar-refractivity contribution in [2.45, 2.75) is 0 Å². The van der Waals surface area contributed by atoms with Crippen LogP contribution in [0.25, 0.3) is 99.7 Å². The van der Waals surface area contributed by atoms with Crippen LogP contribution in [0.4, 0.5) is 0 Å². The van der Waals surface area contributed by atoms with E-state index in [2.05, 4.69) is 167 Å². The number of para-hydroxylation sites is 3. The Hall–Kier alpha value is -6.52. The average Bonchev–Trinajstić information content (AvgIpc) is 3.78. The first-order chi connectivity index (χ1) is 23.8. The summed E-state index contributed by atoms with van der Waals surface area (Å²) in [5.74, 6) is 0.691. The maximum atomic E-state index is 5.31. The lowest BCUT2D eigenvalue weighted by Gasteiger charge is -2.10. The number of nitrogens with zero attached hydrogens (tertiary/aromatic N) is 4. The van der Waals surface area contributed by atoms with Crippen molar-refractivity contribution in [2.75, 3.05) is 0 Å². The summed E-state index contributed by atoms with van der Waals surface area (Å²) >= 11 is 0. The van der Waals surface area contributed by atoms with E-state index >= 15 is 0 Å². The molecule has 0 bridgehead atoms. The van der Waals surface area contributed by atoms with Crippen LogP contribution in [0, 0.1) is 0 Å². The highest BCUT2D eigenvalue weighted by molar-refractivity contribution is 6.14. The fourth-order valence-corrected chi connectivity index (χ4v) is 7.99. The maximum absolute atomic E-state index is 5.31. The quantitative estimate of drug-likeness (QED) is 0.199. The van der Waals surface area contributed by atoms with Crippen LogP contribution in [0.3, 0.4) is 0 Å². The summed E-state index contributed by atoms with van der Waals surface area (Å²) in [7, 11) is 0. The summed E-state index contributed by atoms with van der Waals surface area (Å²) in [4.78, 5) is 10.5. The van der Waals surface area contributed by atoms with Crippen molar-refractivity contribution in [1.29, 1.82) is 0 Å². The molecule has 222 valence electrons. The normalized spacial score (nSPS) is 12.2. The van der Waals surface area contributed by atoms with E-state index < -0.39 is 0 Å². The van der Waals surface area contributed by atoms with Gasteiger partial charge < -0.3 is 4.57 Å². The van der Waals surface area contributed by atoms with Gasteiger partial charge in [-0.2, -0.15) is 0 Å². The molecule has 11 rings (SSSR count). The van der Waals surface area contributed by atoms with E-state index in [0.29, 0.717) is 5.95 Å². The van der Waals surface area contributed by atoms with Crippen molar-refractivity contribution in [1.82, 2.24) is 19.1 Å². The van der Waals surface area contributed by atoms with Crippen molar-refractivity contribution in [3.8, 4) is 45.1 Å². The molecule has 0 saturated heterocycles. The standard InChI is InChI=1S/C44H26N4/c1-2-11-29(12-3-1)47-38-19-8-7-15-32(38)36-25-27(22-24-40(36)47)28-21-23-33-31-14-6-9-20-39(31)48(41(33)26-28)44-45-37-18-10-17-34-30-13-4-5-16-35(30)43(46-44)42(34)37/h1-26H. The highest BCUT2D eigenvalue weighted by atomic mass is 15.2. The molecule has 0 spiro atoms. The van der Waals surface area contributed by atoms with Gasteiger partial charge in [-0.3, -0.25) is 4.57 Å². The Labute approximate surface area is 275 Å². The molecule has 4 nitrogen and oxygen atoms in total. The van der Waals surface area contributed by atoms with E-state index in [0.717, 1.165) is 44.4 Å². The lowest BCUT2D eigenvalue weighted by atomic mass is 10.0. The molecule has 1 aliphatic carbocycles. The zero-order valence-corrected chi connectivity index (χ0v) is 25.8. The van der Waals surface area contributed by atoms with E-state index in [1.54, 1.807) is 0 Å². The minimum absolute atomic E-state index is 0.691. The molecular formula is C44H26N4. The number of fused-ring (bicyclic) bond motifs is 9. The van der Waals surface area contributed by atoms with Crippen LogP contribution in [0.5, 0.6) is 0 Å². The third kappa shape index (κ3) is 3.43. The third-order valence-corrected chi connectivity index (χ3v) is 10.1. The summed E-state index contributed by atoms with van der Waals surface area (Å²) in [5, 5.41) is 5.99. The molecule has 0 unspecified atom stereocenters. The number of aromatic nitrogens is 4. The molecule has 0 aliphatic heterocycles. The first-order valence-corrected chi connectivity index (χ1v) is 16.3. The predicted molar refractivity (Wildman–Crippen MR) is 198 cm³/mol. The van der Waals surface area contributed by atoms with Gasteiger partial charge in [-0.15, -0.1) is 0 Å². The van der Waals surface area contributed by atoms with Crippen LogP contribution >= 0.6 is 0 Å². The highest BCUT2D eigenvalue weighted by Gasteiger charge is 2.25. The molecular weight excluding hydrogens is 585 g/mol. The van der Waals surface area contributed by atoms with Crippen molar-refractivity contribution in [3.05, 3.63) is 158 Å².